The monoisotopic (exact) mass is 280 g/mol. The van der Waals surface area contributed by atoms with Crippen LogP contribution in [-0.4, -0.2) is 25.2 Å². The van der Waals surface area contributed by atoms with Gasteiger partial charge in [-0.3, -0.25) is 0 Å². The number of carbonyl (C=O) groups is 2. The largest absolute Gasteiger partial charge is 0.462 e. The topological polar surface area (TPSA) is 52.6 Å². The Balaban J connectivity index is 3.69. The number of hydrogen-bond donors (Lipinski definition) is 0. The van der Waals surface area contributed by atoms with E-state index >= 15 is 0 Å². The molecule has 0 heterocycles. The Labute approximate surface area is 121 Å². The summed E-state index contributed by atoms with van der Waals surface area (Å²) in [5, 5.41) is 0. The summed E-state index contributed by atoms with van der Waals surface area (Å²) in [6.07, 6.45) is 13.4. The fraction of sp³-hybridized carbons (Fsp3) is 0.500. The molecule has 0 N–H and O–H groups in total. The molecule has 0 aromatic carbocycles. The second-order valence-electron chi connectivity index (χ2n) is 4.00. The van der Waals surface area contributed by atoms with E-state index in [1.54, 1.807) is 0 Å². The maximum absolute atomic E-state index is 11.2. The molecule has 0 aromatic heterocycles. The van der Waals surface area contributed by atoms with Crippen LogP contribution in [0.3, 0.4) is 0 Å². The van der Waals surface area contributed by atoms with Gasteiger partial charge in [-0.25, -0.2) is 9.59 Å². The first kappa shape index (κ1) is 18.2. The lowest BCUT2D eigenvalue weighted by atomic mass is 10.3. The molecule has 0 saturated heterocycles. The van der Waals surface area contributed by atoms with Crippen molar-refractivity contribution >= 4 is 11.9 Å². The molecule has 0 fully saturated rings. The third-order valence-electron chi connectivity index (χ3n) is 2.22. The minimum atomic E-state index is -0.530. The normalized spacial score (nSPS) is 11.5. The summed E-state index contributed by atoms with van der Waals surface area (Å²) in [7, 11) is 0. The molecule has 0 amide bonds. The SMILES string of the molecule is CC/C=C/CCOC(=O)/C=C\C(=O)OCC/C=C/CC. The average molecular weight is 280 g/mol. The highest BCUT2D eigenvalue weighted by Crippen LogP contribution is 1.92. The first-order chi connectivity index (χ1) is 9.70. The van der Waals surface area contributed by atoms with E-state index < -0.39 is 11.9 Å². The number of ether oxygens (including phenoxy) is 2. The van der Waals surface area contributed by atoms with E-state index in [-0.39, 0.29) is 0 Å². The minimum Gasteiger partial charge on any atom is -0.462 e. The van der Waals surface area contributed by atoms with Crippen molar-refractivity contribution in [3.63, 3.8) is 0 Å². The van der Waals surface area contributed by atoms with Crippen LogP contribution >= 0.6 is 0 Å². The number of esters is 2. The van der Waals surface area contributed by atoms with Crippen LogP contribution < -0.4 is 0 Å². The molecular formula is C16H24O4. The highest BCUT2D eigenvalue weighted by molar-refractivity contribution is 5.91. The Morgan fingerprint density at radius 2 is 1.15 bits per heavy atom. The molecule has 0 aliphatic carbocycles. The Kier molecular flexibility index (Phi) is 12.3. The van der Waals surface area contributed by atoms with E-state index in [1.807, 2.05) is 38.2 Å². The summed E-state index contributed by atoms with van der Waals surface area (Å²) in [5.41, 5.74) is 0. The van der Waals surface area contributed by atoms with Gasteiger partial charge < -0.3 is 9.47 Å². The predicted molar refractivity (Wildman–Crippen MR) is 79.2 cm³/mol. The van der Waals surface area contributed by atoms with Crippen molar-refractivity contribution in [2.45, 2.75) is 39.5 Å². The van der Waals surface area contributed by atoms with Gasteiger partial charge in [0.2, 0.25) is 0 Å². The van der Waals surface area contributed by atoms with E-state index in [0.717, 1.165) is 25.0 Å². The van der Waals surface area contributed by atoms with E-state index in [9.17, 15) is 9.59 Å². The first-order valence-electron chi connectivity index (χ1n) is 7.02. The van der Waals surface area contributed by atoms with Crippen molar-refractivity contribution in [1.82, 2.24) is 0 Å². The summed E-state index contributed by atoms with van der Waals surface area (Å²) in [6.45, 7) is 4.71. The van der Waals surface area contributed by atoms with Gasteiger partial charge in [-0.2, -0.15) is 0 Å². The zero-order chi connectivity index (χ0) is 15.1. The Bertz CT molecular complexity index is 319. The molecule has 0 saturated carbocycles. The maximum Gasteiger partial charge on any atom is 0.331 e. The summed E-state index contributed by atoms with van der Waals surface area (Å²) in [6, 6.07) is 0. The van der Waals surface area contributed by atoms with E-state index in [4.69, 9.17) is 9.47 Å². The Hall–Kier alpha value is -1.84. The molecule has 0 rings (SSSR count). The van der Waals surface area contributed by atoms with Crippen LogP contribution in [-0.2, 0) is 19.1 Å². The average Bonchev–Trinajstić information content (AvgIpc) is 2.44. The van der Waals surface area contributed by atoms with Crippen molar-refractivity contribution in [2.75, 3.05) is 13.2 Å². The predicted octanol–water partition coefficient (Wildman–Crippen LogP) is 3.34. The second-order valence-corrected chi connectivity index (χ2v) is 4.00. The van der Waals surface area contributed by atoms with Gasteiger partial charge in [-0.05, 0) is 25.7 Å². The van der Waals surface area contributed by atoms with Crippen LogP contribution in [0.2, 0.25) is 0 Å². The molecule has 0 atom stereocenters. The molecule has 0 unspecified atom stereocenters. The summed E-state index contributed by atoms with van der Waals surface area (Å²) in [5.74, 6) is -1.06. The lowest BCUT2D eigenvalue weighted by Gasteiger charge is -1.99. The second kappa shape index (κ2) is 13.6. The number of rotatable bonds is 10. The molecule has 4 nitrogen and oxygen atoms in total. The van der Waals surface area contributed by atoms with Crippen LogP contribution in [0.15, 0.2) is 36.5 Å². The van der Waals surface area contributed by atoms with Gasteiger partial charge in [-0.1, -0.05) is 38.2 Å². The number of allylic oxidation sites excluding steroid dienone is 2. The molecule has 20 heavy (non-hydrogen) atoms. The third-order valence-corrected chi connectivity index (χ3v) is 2.22. The fourth-order valence-electron chi connectivity index (χ4n) is 1.26. The maximum atomic E-state index is 11.2. The molecule has 112 valence electrons. The van der Waals surface area contributed by atoms with Gasteiger partial charge in [0.1, 0.15) is 0 Å². The van der Waals surface area contributed by atoms with Crippen molar-refractivity contribution in [2.24, 2.45) is 0 Å². The quantitative estimate of drug-likeness (QED) is 0.266. The Morgan fingerprint density at radius 1 is 0.750 bits per heavy atom. The molecule has 4 heteroatoms. The van der Waals surface area contributed by atoms with Crippen LogP contribution in [0.4, 0.5) is 0 Å². The van der Waals surface area contributed by atoms with Gasteiger partial charge in [0.15, 0.2) is 0 Å². The van der Waals surface area contributed by atoms with Crippen LogP contribution in [0, 0.1) is 0 Å². The van der Waals surface area contributed by atoms with E-state index in [0.29, 0.717) is 26.1 Å². The van der Waals surface area contributed by atoms with Gasteiger partial charge in [-0.15, -0.1) is 0 Å². The molecule has 0 aliphatic heterocycles. The summed E-state index contributed by atoms with van der Waals surface area (Å²) < 4.78 is 9.80. The lowest BCUT2D eigenvalue weighted by molar-refractivity contribution is -0.140. The van der Waals surface area contributed by atoms with Gasteiger partial charge >= 0.3 is 11.9 Å². The highest BCUT2D eigenvalue weighted by Gasteiger charge is 1.99. The van der Waals surface area contributed by atoms with Crippen LogP contribution in [0.1, 0.15) is 39.5 Å². The third kappa shape index (κ3) is 12.6. The van der Waals surface area contributed by atoms with Crippen molar-refractivity contribution in [1.29, 1.82) is 0 Å². The molecule has 0 aliphatic rings. The van der Waals surface area contributed by atoms with Gasteiger partial charge in [0.05, 0.1) is 13.2 Å². The molecule has 0 radical (unpaired) electrons. The van der Waals surface area contributed by atoms with Crippen LogP contribution in [0.5, 0.6) is 0 Å². The van der Waals surface area contributed by atoms with E-state index in [2.05, 4.69) is 0 Å². The smallest absolute Gasteiger partial charge is 0.331 e. The Morgan fingerprint density at radius 3 is 1.50 bits per heavy atom. The van der Waals surface area contributed by atoms with Crippen molar-refractivity contribution in [3.05, 3.63) is 36.5 Å². The van der Waals surface area contributed by atoms with Crippen molar-refractivity contribution < 1.29 is 19.1 Å². The van der Waals surface area contributed by atoms with E-state index in [1.165, 1.54) is 0 Å². The van der Waals surface area contributed by atoms with Crippen molar-refractivity contribution in [3.8, 4) is 0 Å². The fourth-order valence-corrected chi connectivity index (χ4v) is 1.26. The number of hydrogen-bond acceptors (Lipinski definition) is 4. The van der Waals surface area contributed by atoms with Gasteiger partial charge in [0, 0.05) is 12.2 Å². The molecule has 0 bridgehead atoms. The lowest BCUT2D eigenvalue weighted by Crippen LogP contribution is -2.05. The molecule has 0 aromatic rings. The zero-order valence-electron chi connectivity index (χ0n) is 12.3. The highest BCUT2D eigenvalue weighted by atomic mass is 16.5. The minimum absolute atomic E-state index is 0.316. The van der Waals surface area contributed by atoms with Gasteiger partial charge in [0.25, 0.3) is 0 Å². The first-order valence-corrected chi connectivity index (χ1v) is 7.02. The molecule has 0 spiro atoms. The zero-order valence-corrected chi connectivity index (χ0v) is 12.3. The van der Waals surface area contributed by atoms with Crippen LogP contribution in [0.25, 0.3) is 0 Å². The molecular weight excluding hydrogens is 256 g/mol. The summed E-state index contributed by atoms with van der Waals surface area (Å²) in [4.78, 5) is 22.5. The standard InChI is InChI=1S/C16H24O4/c1-3-5-7-9-13-19-15(17)11-12-16(18)20-14-10-8-6-4-2/h5-8,11-12H,3-4,9-10,13-14H2,1-2H3/b7-5+,8-6+,12-11-. The summed E-state index contributed by atoms with van der Waals surface area (Å²) >= 11 is 0. The number of carbonyl (C=O) groups excluding carboxylic acids is 2.